The summed E-state index contributed by atoms with van der Waals surface area (Å²) in [5.74, 6) is -0.920. The molecule has 0 aliphatic carbocycles. The first-order valence-corrected chi connectivity index (χ1v) is 20.4. The van der Waals surface area contributed by atoms with Crippen molar-refractivity contribution in [3.63, 3.8) is 0 Å². The quantitative estimate of drug-likeness (QED) is 0.119. The number of benzene rings is 3. The minimum absolute atomic E-state index is 0.0214. The van der Waals surface area contributed by atoms with Crippen LogP contribution in [0.15, 0.2) is 72.9 Å². The summed E-state index contributed by atoms with van der Waals surface area (Å²) in [6, 6.07) is 20.1. The molecular formula is C38H42F3N9O4S2. The highest BCUT2D eigenvalue weighted by Gasteiger charge is 2.39. The molecule has 0 radical (unpaired) electrons. The second kappa shape index (κ2) is 15.9. The Morgan fingerprint density at radius 1 is 1.00 bits per heavy atom. The highest BCUT2D eigenvalue weighted by Crippen LogP contribution is 2.40. The number of alkyl halides is 3. The van der Waals surface area contributed by atoms with Gasteiger partial charge in [-0.3, -0.25) is 29.0 Å². The summed E-state index contributed by atoms with van der Waals surface area (Å²) >= 11 is 4.86. The standard InChI is InChI=1S/C38H42F3N9O4S2/c1-47(56(2,53)54)29-5-3-4-24(18-29)20-42-34-31(38(39,40)41)21-43-37(46-34)44-27-8-10-28(11-9-27)49-16-14-48(15-17-49)22-25-6-7-26-23-50(36(55)30(26)19-25)32-12-13-33(51)45-35(32)52/h3-11,18-19,21,32,36,55H,12-17,20,22-23H2,1-2H3,(H,45,51,52)(H2,42,43,44,46). The van der Waals surface area contributed by atoms with Gasteiger partial charge in [0.1, 0.15) is 11.4 Å². The van der Waals surface area contributed by atoms with E-state index in [0.717, 1.165) is 66.3 Å². The topological polar surface area (TPSA) is 143 Å². The van der Waals surface area contributed by atoms with Crippen molar-refractivity contribution in [3.8, 4) is 0 Å². The number of halogens is 3. The molecule has 3 aliphatic heterocycles. The van der Waals surface area contributed by atoms with Crippen LogP contribution in [0.3, 0.4) is 0 Å². The number of aromatic nitrogens is 2. The van der Waals surface area contributed by atoms with E-state index in [-0.39, 0.29) is 35.7 Å². The van der Waals surface area contributed by atoms with Crippen LogP contribution in [-0.2, 0) is 45.4 Å². The van der Waals surface area contributed by atoms with E-state index in [1.54, 1.807) is 24.3 Å². The fraction of sp³-hybridized carbons (Fsp3) is 0.368. The summed E-state index contributed by atoms with van der Waals surface area (Å²) in [7, 11) is -2.12. The number of anilines is 5. The summed E-state index contributed by atoms with van der Waals surface area (Å²) < 4.78 is 66.7. The zero-order valence-corrected chi connectivity index (χ0v) is 32.5. The van der Waals surface area contributed by atoms with Gasteiger partial charge in [-0.25, -0.2) is 13.4 Å². The van der Waals surface area contributed by atoms with Crippen molar-refractivity contribution in [1.82, 2.24) is 25.1 Å². The summed E-state index contributed by atoms with van der Waals surface area (Å²) in [6.07, 6.45) is -2.09. The number of carbonyl (C=O) groups excluding carboxylic acids is 2. The second-order valence-electron chi connectivity index (χ2n) is 14.2. The van der Waals surface area contributed by atoms with E-state index in [1.807, 2.05) is 24.3 Å². The molecule has 4 aromatic rings. The largest absolute Gasteiger partial charge is 0.421 e. The van der Waals surface area contributed by atoms with Gasteiger partial charge in [0.2, 0.25) is 27.8 Å². The fourth-order valence-corrected chi connectivity index (χ4v) is 8.18. The van der Waals surface area contributed by atoms with Gasteiger partial charge in [0.25, 0.3) is 0 Å². The van der Waals surface area contributed by atoms with E-state index in [4.69, 9.17) is 12.6 Å². The maximum Gasteiger partial charge on any atom is 0.421 e. The van der Waals surface area contributed by atoms with E-state index in [1.165, 1.54) is 12.6 Å². The molecule has 7 rings (SSSR count). The van der Waals surface area contributed by atoms with Crippen LogP contribution < -0.4 is 25.2 Å². The first kappa shape index (κ1) is 39.3. The molecular weight excluding hydrogens is 768 g/mol. The summed E-state index contributed by atoms with van der Waals surface area (Å²) in [6.45, 7) is 4.66. The molecule has 0 bridgehead atoms. The number of nitrogens with one attached hydrogen (secondary N) is 3. The number of rotatable bonds is 11. The van der Waals surface area contributed by atoms with Crippen molar-refractivity contribution in [2.75, 3.05) is 59.3 Å². The number of imide groups is 1. The van der Waals surface area contributed by atoms with Crippen molar-refractivity contribution in [2.24, 2.45) is 0 Å². The molecule has 2 amide bonds. The monoisotopic (exact) mass is 809 g/mol. The minimum atomic E-state index is -4.71. The number of nitrogens with zero attached hydrogens (tertiary/aromatic N) is 6. The molecule has 3 aromatic carbocycles. The Balaban J connectivity index is 0.937. The molecule has 4 heterocycles. The Kier molecular flexibility index (Phi) is 11.2. The molecule has 2 atom stereocenters. The number of thiol groups is 1. The molecule has 13 nitrogen and oxygen atoms in total. The number of hydrogen-bond donors (Lipinski definition) is 4. The Morgan fingerprint density at radius 2 is 1.75 bits per heavy atom. The lowest BCUT2D eigenvalue weighted by Gasteiger charge is -2.36. The van der Waals surface area contributed by atoms with E-state index in [0.29, 0.717) is 36.3 Å². The number of sulfonamides is 1. The number of piperidine rings is 1. The van der Waals surface area contributed by atoms with E-state index in [2.05, 4.69) is 58.8 Å². The fourth-order valence-electron chi connectivity index (χ4n) is 7.20. The van der Waals surface area contributed by atoms with Crippen LogP contribution in [0.5, 0.6) is 0 Å². The van der Waals surface area contributed by atoms with Crippen molar-refractivity contribution < 1.29 is 31.2 Å². The number of carbonyl (C=O) groups is 2. The molecule has 0 spiro atoms. The van der Waals surface area contributed by atoms with E-state index in [9.17, 15) is 31.2 Å². The normalized spacial score (nSPS) is 19.4. The van der Waals surface area contributed by atoms with Gasteiger partial charge in [0.15, 0.2) is 0 Å². The molecule has 0 saturated carbocycles. The van der Waals surface area contributed by atoms with Crippen LogP contribution in [0.4, 0.5) is 42.0 Å². The summed E-state index contributed by atoms with van der Waals surface area (Å²) in [5, 5.41) is 7.98. The molecule has 2 saturated heterocycles. The zero-order valence-electron chi connectivity index (χ0n) is 30.8. The number of hydrogen-bond acceptors (Lipinski definition) is 12. The molecule has 18 heteroatoms. The van der Waals surface area contributed by atoms with E-state index >= 15 is 0 Å². The lowest BCUT2D eigenvalue weighted by Crippen LogP contribution is -2.51. The molecule has 3 N–H and O–H groups in total. The van der Waals surface area contributed by atoms with Crippen LogP contribution >= 0.6 is 12.6 Å². The van der Waals surface area contributed by atoms with Crippen molar-refractivity contribution in [1.29, 1.82) is 0 Å². The van der Waals surface area contributed by atoms with Crippen LogP contribution in [0, 0.1) is 0 Å². The predicted octanol–water partition coefficient (Wildman–Crippen LogP) is 5.12. The number of amides is 2. The third-order valence-electron chi connectivity index (χ3n) is 10.4. The maximum absolute atomic E-state index is 13.9. The first-order valence-electron chi connectivity index (χ1n) is 18.1. The Bertz CT molecular complexity index is 2220. The van der Waals surface area contributed by atoms with Crippen LogP contribution in [0.25, 0.3) is 0 Å². The van der Waals surface area contributed by atoms with Crippen molar-refractivity contribution in [3.05, 3.63) is 101 Å². The highest BCUT2D eigenvalue weighted by molar-refractivity contribution is 7.92. The van der Waals surface area contributed by atoms with Gasteiger partial charge in [0.05, 0.1) is 23.4 Å². The van der Waals surface area contributed by atoms with Gasteiger partial charge in [-0.1, -0.05) is 30.3 Å². The number of fused-ring (bicyclic) bond motifs is 1. The summed E-state index contributed by atoms with van der Waals surface area (Å²) in [4.78, 5) is 39.0. The lowest BCUT2D eigenvalue weighted by molar-refractivity contribution is -0.138. The molecule has 56 heavy (non-hydrogen) atoms. The molecule has 3 aliphatic rings. The van der Waals surface area contributed by atoms with Crippen LogP contribution in [-0.4, -0.2) is 85.5 Å². The molecule has 2 unspecified atom stereocenters. The Labute approximate surface area is 328 Å². The molecule has 1 aromatic heterocycles. The van der Waals surface area contributed by atoms with Gasteiger partial charge in [-0.05, 0) is 65.1 Å². The SMILES string of the molecule is CN(c1cccc(CNc2nc(Nc3ccc(N4CCN(Cc5ccc6c(c5)C(S)N(C5CCC(=O)NC5=O)C6)CC4)cc3)ncc2C(F)(F)F)c1)S(C)(=O)=O. The Morgan fingerprint density at radius 3 is 2.45 bits per heavy atom. The predicted molar refractivity (Wildman–Crippen MR) is 211 cm³/mol. The van der Waals surface area contributed by atoms with Gasteiger partial charge < -0.3 is 15.5 Å². The van der Waals surface area contributed by atoms with Crippen molar-refractivity contribution >= 4 is 63.3 Å². The second-order valence-corrected chi connectivity index (χ2v) is 16.7. The molecule has 296 valence electrons. The van der Waals surface area contributed by atoms with Gasteiger partial charge >= 0.3 is 6.18 Å². The third kappa shape index (κ3) is 8.88. The first-order chi connectivity index (χ1) is 26.6. The highest BCUT2D eigenvalue weighted by atomic mass is 32.2. The van der Waals surface area contributed by atoms with Crippen molar-refractivity contribution in [2.45, 2.75) is 50.1 Å². The average molecular weight is 810 g/mol. The zero-order chi connectivity index (χ0) is 39.8. The van der Waals surface area contributed by atoms with Gasteiger partial charge in [0, 0.05) is 76.9 Å². The Hall–Kier alpha value is -4.91. The van der Waals surface area contributed by atoms with Crippen LogP contribution in [0.2, 0.25) is 0 Å². The maximum atomic E-state index is 13.9. The van der Waals surface area contributed by atoms with E-state index < -0.39 is 27.6 Å². The summed E-state index contributed by atoms with van der Waals surface area (Å²) in [5.41, 5.74) is 4.94. The van der Waals surface area contributed by atoms with Crippen LogP contribution in [0.1, 0.15) is 46.0 Å². The lowest BCUT2D eigenvalue weighted by atomic mass is 10.0. The smallest absolute Gasteiger partial charge is 0.369 e. The average Bonchev–Trinajstić information content (AvgIpc) is 3.48. The third-order valence-corrected chi connectivity index (χ3v) is 12.1. The molecule has 2 fully saturated rings. The van der Waals surface area contributed by atoms with Gasteiger partial charge in [-0.2, -0.15) is 30.8 Å². The minimum Gasteiger partial charge on any atom is -0.369 e. The number of piperazine rings is 1. The van der Waals surface area contributed by atoms with Gasteiger partial charge in [-0.15, -0.1) is 0 Å².